The quantitative estimate of drug-likeness (QED) is 0.376. The van der Waals surface area contributed by atoms with Gasteiger partial charge in [0.15, 0.2) is 0 Å². The minimum absolute atomic E-state index is 0.356. The molecule has 0 aromatic heterocycles. The van der Waals surface area contributed by atoms with E-state index in [4.69, 9.17) is 5.73 Å². The highest BCUT2D eigenvalue weighted by Gasteiger charge is 2.16. The van der Waals surface area contributed by atoms with Crippen molar-refractivity contribution >= 4 is 5.84 Å². The predicted octanol–water partition coefficient (Wildman–Crippen LogP) is -0.275. The van der Waals surface area contributed by atoms with Crippen LogP contribution in [0, 0.1) is 0 Å². The van der Waals surface area contributed by atoms with Gasteiger partial charge >= 0.3 is 0 Å². The second kappa shape index (κ2) is 2.82. The van der Waals surface area contributed by atoms with Crippen LogP contribution in [0.15, 0.2) is 4.99 Å². The Hall–Kier alpha value is -0.570. The molecular formula is C6H13N3. The van der Waals surface area contributed by atoms with Gasteiger partial charge in [0.05, 0.1) is 6.04 Å². The zero-order valence-electron chi connectivity index (χ0n) is 5.72. The molecule has 1 atom stereocenters. The van der Waals surface area contributed by atoms with Gasteiger partial charge in [0, 0.05) is 7.05 Å². The molecule has 1 saturated heterocycles. The average Bonchev–Trinajstić information content (AvgIpc) is 2.37. The summed E-state index contributed by atoms with van der Waals surface area (Å²) in [5.41, 5.74) is 5.57. The Bertz CT molecular complexity index is 113. The smallest absolute Gasteiger partial charge is 0.111 e. The average molecular weight is 127 g/mol. The van der Waals surface area contributed by atoms with E-state index in [0.717, 1.165) is 18.8 Å². The van der Waals surface area contributed by atoms with E-state index < -0.39 is 0 Å². The van der Waals surface area contributed by atoms with Gasteiger partial charge in [-0.2, -0.15) is 0 Å². The number of nitrogens with zero attached hydrogens (tertiary/aromatic N) is 1. The van der Waals surface area contributed by atoms with Crippen LogP contribution in [0.2, 0.25) is 0 Å². The summed E-state index contributed by atoms with van der Waals surface area (Å²) in [4.78, 5) is 3.90. The van der Waals surface area contributed by atoms with Crippen molar-refractivity contribution in [2.45, 2.75) is 18.9 Å². The monoisotopic (exact) mass is 127 g/mol. The second-order valence-electron chi connectivity index (χ2n) is 2.30. The lowest BCUT2D eigenvalue weighted by Gasteiger charge is -2.06. The maximum atomic E-state index is 5.57. The van der Waals surface area contributed by atoms with Gasteiger partial charge in [-0.1, -0.05) is 0 Å². The van der Waals surface area contributed by atoms with E-state index in [1.165, 1.54) is 6.42 Å². The van der Waals surface area contributed by atoms with Gasteiger partial charge in [-0.3, -0.25) is 4.99 Å². The number of hydrogen-bond acceptors (Lipinski definition) is 2. The summed E-state index contributed by atoms with van der Waals surface area (Å²) in [5, 5.41) is 3.25. The molecule has 1 aliphatic rings. The molecule has 3 nitrogen and oxygen atoms in total. The summed E-state index contributed by atoms with van der Waals surface area (Å²) in [7, 11) is 1.73. The standard InChI is InChI=1S/C6H13N3/c1-8-6(7)5-3-2-4-9-5/h5,9H,2-4H2,1H3,(H2,7,8)/t5-/m0/s1. The zero-order chi connectivity index (χ0) is 6.69. The Morgan fingerprint density at radius 2 is 2.56 bits per heavy atom. The molecule has 0 bridgehead atoms. The molecule has 1 fully saturated rings. The maximum Gasteiger partial charge on any atom is 0.111 e. The lowest BCUT2D eigenvalue weighted by molar-refractivity contribution is 0.754. The normalized spacial score (nSPS) is 29.0. The maximum absolute atomic E-state index is 5.57. The number of amidine groups is 1. The number of aliphatic imine (C=N–C) groups is 1. The van der Waals surface area contributed by atoms with E-state index in [-0.39, 0.29) is 0 Å². The second-order valence-corrected chi connectivity index (χ2v) is 2.30. The van der Waals surface area contributed by atoms with Crippen LogP contribution in [0.3, 0.4) is 0 Å². The van der Waals surface area contributed by atoms with Crippen LogP contribution >= 0.6 is 0 Å². The Morgan fingerprint density at radius 3 is 3.00 bits per heavy atom. The van der Waals surface area contributed by atoms with Gasteiger partial charge in [0.1, 0.15) is 5.84 Å². The van der Waals surface area contributed by atoms with E-state index in [0.29, 0.717) is 6.04 Å². The van der Waals surface area contributed by atoms with E-state index >= 15 is 0 Å². The zero-order valence-corrected chi connectivity index (χ0v) is 5.72. The van der Waals surface area contributed by atoms with Crippen molar-refractivity contribution in [2.75, 3.05) is 13.6 Å². The highest BCUT2D eigenvalue weighted by Crippen LogP contribution is 2.03. The molecule has 52 valence electrons. The Balaban J connectivity index is 2.42. The van der Waals surface area contributed by atoms with Crippen LogP contribution in [0.4, 0.5) is 0 Å². The van der Waals surface area contributed by atoms with Crippen molar-refractivity contribution in [3.05, 3.63) is 0 Å². The summed E-state index contributed by atoms with van der Waals surface area (Å²) in [5.74, 6) is 0.743. The molecule has 0 unspecified atom stereocenters. The Labute approximate surface area is 55.3 Å². The lowest BCUT2D eigenvalue weighted by atomic mass is 10.2. The van der Waals surface area contributed by atoms with Crippen LogP contribution in [0.1, 0.15) is 12.8 Å². The molecular weight excluding hydrogens is 114 g/mol. The first-order chi connectivity index (χ1) is 4.34. The SMILES string of the molecule is CN=C(N)[C@@H]1CCCN1. The largest absolute Gasteiger partial charge is 0.386 e. The predicted molar refractivity (Wildman–Crippen MR) is 38.6 cm³/mol. The van der Waals surface area contributed by atoms with Crippen molar-refractivity contribution in [1.82, 2.24) is 5.32 Å². The fourth-order valence-corrected chi connectivity index (χ4v) is 1.09. The summed E-state index contributed by atoms with van der Waals surface area (Å²) in [6.45, 7) is 1.08. The Kier molecular flexibility index (Phi) is 2.05. The minimum Gasteiger partial charge on any atom is -0.386 e. The van der Waals surface area contributed by atoms with Gasteiger partial charge in [0.25, 0.3) is 0 Å². The molecule has 0 amide bonds. The Morgan fingerprint density at radius 1 is 1.78 bits per heavy atom. The van der Waals surface area contributed by atoms with E-state index in [2.05, 4.69) is 10.3 Å². The molecule has 0 aliphatic carbocycles. The first-order valence-electron chi connectivity index (χ1n) is 3.30. The van der Waals surface area contributed by atoms with Crippen molar-refractivity contribution < 1.29 is 0 Å². The van der Waals surface area contributed by atoms with E-state index in [1.807, 2.05) is 0 Å². The third kappa shape index (κ3) is 1.42. The molecule has 9 heavy (non-hydrogen) atoms. The third-order valence-electron chi connectivity index (χ3n) is 1.68. The van der Waals surface area contributed by atoms with Crippen molar-refractivity contribution in [3.8, 4) is 0 Å². The molecule has 1 heterocycles. The summed E-state index contributed by atoms with van der Waals surface area (Å²) in [6.07, 6.45) is 2.37. The van der Waals surface area contributed by atoms with Crippen LogP contribution in [-0.4, -0.2) is 25.5 Å². The fraction of sp³-hybridized carbons (Fsp3) is 0.833. The number of rotatable bonds is 1. The number of hydrogen-bond donors (Lipinski definition) is 2. The molecule has 1 aliphatic heterocycles. The topological polar surface area (TPSA) is 50.4 Å². The van der Waals surface area contributed by atoms with Gasteiger partial charge in [0.2, 0.25) is 0 Å². The van der Waals surface area contributed by atoms with Crippen molar-refractivity contribution in [1.29, 1.82) is 0 Å². The van der Waals surface area contributed by atoms with Crippen molar-refractivity contribution in [3.63, 3.8) is 0 Å². The van der Waals surface area contributed by atoms with Crippen LogP contribution in [0.25, 0.3) is 0 Å². The van der Waals surface area contributed by atoms with Crippen LogP contribution in [-0.2, 0) is 0 Å². The van der Waals surface area contributed by atoms with Gasteiger partial charge in [-0.15, -0.1) is 0 Å². The summed E-state index contributed by atoms with van der Waals surface area (Å²) < 4.78 is 0. The van der Waals surface area contributed by atoms with Gasteiger partial charge in [-0.05, 0) is 19.4 Å². The molecule has 0 spiro atoms. The van der Waals surface area contributed by atoms with Crippen molar-refractivity contribution in [2.24, 2.45) is 10.7 Å². The van der Waals surface area contributed by atoms with Crippen LogP contribution in [0.5, 0.6) is 0 Å². The van der Waals surface area contributed by atoms with E-state index in [9.17, 15) is 0 Å². The molecule has 0 aromatic rings. The highest BCUT2D eigenvalue weighted by molar-refractivity contribution is 5.85. The third-order valence-corrected chi connectivity index (χ3v) is 1.68. The number of nitrogens with one attached hydrogen (secondary N) is 1. The van der Waals surface area contributed by atoms with Gasteiger partial charge in [-0.25, -0.2) is 0 Å². The fourth-order valence-electron chi connectivity index (χ4n) is 1.09. The first-order valence-corrected chi connectivity index (χ1v) is 3.30. The van der Waals surface area contributed by atoms with E-state index in [1.54, 1.807) is 7.05 Å². The minimum atomic E-state index is 0.356. The molecule has 0 aromatic carbocycles. The molecule has 0 radical (unpaired) electrons. The number of nitrogens with two attached hydrogens (primary N) is 1. The lowest BCUT2D eigenvalue weighted by Crippen LogP contribution is -2.36. The molecule has 1 rings (SSSR count). The van der Waals surface area contributed by atoms with Gasteiger partial charge < -0.3 is 11.1 Å². The van der Waals surface area contributed by atoms with Crippen LogP contribution < -0.4 is 11.1 Å². The summed E-state index contributed by atoms with van der Waals surface area (Å²) in [6, 6.07) is 0.356. The first kappa shape index (κ1) is 6.55. The molecule has 0 saturated carbocycles. The highest BCUT2D eigenvalue weighted by atomic mass is 15.0. The molecule has 3 N–H and O–H groups in total. The summed E-state index contributed by atoms with van der Waals surface area (Å²) >= 11 is 0. The molecule has 3 heteroatoms.